The molecule has 1 aromatic heterocycles. The van der Waals surface area contributed by atoms with Crippen LogP contribution in [0.25, 0.3) is 11.6 Å². The van der Waals surface area contributed by atoms with Gasteiger partial charge in [-0.3, -0.25) is 14.2 Å². The van der Waals surface area contributed by atoms with E-state index in [4.69, 9.17) is 11.6 Å². The Bertz CT molecular complexity index is 1590. The summed E-state index contributed by atoms with van der Waals surface area (Å²) in [5.41, 5.74) is 2.77. The highest BCUT2D eigenvalue weighted by molar-refractivity contribution is 8.03. The van der Waals surface area contributed by atoms with Crippen molar-refractivity contribution in [3.8, 4) is 0 Å². The number of nitrogens with zero attached hydrogens (tertiary/aromatic N) is 4. The highest BCUT2D eigenvalue weighted by Crippen LogP contribution is 2.46. The Morgan fingerprint density at radius 1 is 1.06 bits per heavy atom. The molecule has 2 aromatic carbocycles. The van der Waals surface area contributed by atoms with Crippen LogP contribution in [0.1, 0.15) is 27.2 Å². The molecule has 0 aliphatic carbocycles. The highest BCUT2D eigenvalue weighted by atomic mass is 35.5. The topological polar surface area (TPSA) is 57.9 Å². The maximum atomic E-state index is 13.4. The minimum Gasteiger partial charge on any atom is -0.335 e. The van der Waals surface area contributed by atoms with Crippen molar-refractivity contribution in [3.05, 3.63) is 84.2 Å². The smallest absolute Gasteiger partial charge is 0.283 e. The van der Waals surface area contributed by atoms with Crippen molar-refractivity contribution in [1.82, 2.24) is 4.57 Å². The second kappa shape index (κ2) is 10.1. The van der Waals surface area contributed by atoms with E-state index in [1.54, 1.807) is 16.3 Å². The molecule has 3 heterocycles. The van der Waals surface area contributed by atoms with Crippen molar-refractivity contribution in [2.24, 2.45) is 5.10 Å². The summed E-state index contributed by atoms with van der Waals surface area (Å²) in [7, 11) is 0. The van der Waals surface area contributed by atoms with E-state index in [2.05, 4.69) is 16.9 Å². The maximum absolute atomic E-state index is 13.4. The molecule has 2 aliphatic rings. The van der Waals surface area contributed by atoms with Crippen molar-refractivity contribution < 1.29 is 4.79 Å². The summed E-state index contributed by atoms with van der Waals surface area (Å²) in [6.07, 6.45) is 4.62. The normalized spacial score (nSPS) is 18.4. The zero-order valence-electron chi connectivity index (χ0n) is 20.2. The fourth-order valence-electron chi connectivity index (χ4n) is 4.31. The molecule has 5 rings (SSSR count). The third kappa shape index (κ3) is 4.34. The zero-order chi connectivity index (χ0) is 25.4. The predicted octanol–water partition coefficient (Wildman–Crippen LogP) is 4.80. The Morgan fingerprint density at radius 2 is 1.83 bits per heavy atom. The second-order valence-corrected chi connectivity index (χ2v) is 10.9. The number of benzene rings is 2. The summed E-state index contributed by atoms with van der Waals surface area (Å²) < 4.78 is 2.95. The Kier molecular flexibility index (Phi) is 6.92. The molecule has 0 radical (unpaired) electrons. The first-order valence-corrected chi connectivity index (χ1v) is 13.8. The Hall–Kier alpha value is -3.07. The molecule has 36 heavy (non-hydrogen) atoms. The van der Waals surface area contributed by atoms with Crippen LogP contribution in [-0.4, -0.2) is 22.7 Å². The molecule has 3 aromatic rings. The summed E-state index contributed by atoms with van der Waals surface area (Å²) in [4.78, 5) is 30.2. The third-order valence-corrected chi connectivity index (χ3v) is 8.49. The zero-order valence-corrected chi connectivity index (χ0v) is 22.6. The molecule has 6 nitrogen and oxygen atoms in total. The van der Waals surface area contributed by atoms with Crippen LogP contribution in [0, 0.1) is 0 Å². The van der Waals surface area contributed by atoms with Crippen LogP contribution in [-0.2, 0) is 11.3 Å². The molecule has 0 atom stereocenters. The number of allylic oxidation sites excluding steroid dienone is 1. The molecular formula is C27H25ClN4O2S2. The van der Waals surface area contributed by atoms with E-state index in [1.165, 1.54) is 16.3 Å². The van der Waals surface area contributed by atoms with Crippen molar-refractivity contribution in [2.45, 2.75) is 38.6 Å². The van der Waals surface area contributed by atoms with Crippen LogP contribution in [0.2, 0.25) is 5.02 Å². The monoisotopic (exact) mass is 536 g/mol. The number of halogens is 1. The fraction of sp³-hybridized carbons (Fsp3) is 0.222. The van der Waals surface area contributed by atoms with Gasteiger partial charge in [0.25, 0.3) is 11.5 Å². The Labute approximate surface area is 222 Å². The van der Waals surface area contributed by atoms with E-state index in [-0.39, 0.29) is 11.5 Å². The summed E-state index contributed by atoms with van der Waals surface area (Å²) in [5.74, 6) is -0.217. The number of thioether (sulfide) groups is 1. The van der Waals surface area contributed by atoms with E-state index >= 15 is 0 Å². The summed E-state index contributed by atoms with van der Waals surface area (Å²) in [6, 6.07) is 15.2. The van der Waals surface area contributed by atoms with Crippen LogP contribution in [0.5, 0.6) is 0 Å². The van der Waals surface area contributed by atoms with Crippen LogP contribution in [0.3, 0.4) is 0 Å². The van der Waals surface area contributed by atoms with Gasteiger partial charge in [-0.2, -0.15) is 10.1 Å². The molecule has 9 heteroatoms. The second-order valence-electron chi connectivity index (χ2n) is 8.37. The van der Waals surface area contributed by atoms with Gasteiger partial charge < -0.3 is 4.90 Å². The fourth-order valence-corrected chi connectivity index (χ4v) is 6.75. The van der Waals surface area contributed by atoms with Crippen LogP contribution < -0.4 is 24.7 Å². The van der Waals surface area contributed by atoms with Crippen LogP contribution in [0.15, 0.2) is 74.4 Å². The summed E-state index contributed by atoms with van der Waals surface area (Å²) in [5, 5.41) is 7.65. The lowest BCUT2D eigenvalue weighted by Gasteiger charge is -2.17. The first-order chi connectivity index (χ1) is 17.4. The van der Waals surface area contributed by atoms with Gasteiger partial charge in [0.15, 0.2) is 0 Å². The van der Waals surface area contributed by atoms with Crippen LogP contribution in [0.4, 0.5) is 11.4 Å². The average molecular weight is 537 g/mol. The van der Waals surface area contributed by atoms with E-state index in [0.717, 1.165) is 28.6 Å². The van der Waals surface area contributed by atoms with Crippen molar-refractivity contribution in [3.63, 3.8) is 0 Å². The van der Waals surface area contributed by atoms with E-state index < -0.39 is 0 Å². The first kappa shape index (κ1) is 24.6. The summed E-state index contributed by atoms with van der Waals surface area (Å²) >= 11 is 9.22. The van der Waals surface area contributed by atoms with E-state index in [0.29, 0.717) is 37.7 Å². The number of rotatable bonds is 5. The standard InChI is InChI=1S/C27H25ClN4O2S2/c1-4-15-31-25(33)22(13-14-23-30(5-2)20-16-18(28)11-12-21(20)35-23)36-27(31)24-17(3)29-32(26(24)34)19-9-7-6-8-10-19/h6-14,16H,4-5,15H2,1-3H3/b22-13-,23-14+,27-24-. The SMILES string of the molecule is CCCn1c(=O)/c(=C/C=C2/Sc3ccc(Cl)cc3N2CC)s/c1=C1\C(=O)N(c2ccccc2)N=C1C. The van der Waals surface area contributed by atoms with E-state index in [9.17, 15) is 9.59 Å². The number of anilines is 2. The lowest BCUT2D eigenvalue weighted by Crippen LogP contribution is -2.34. The maximum Gasteiger partial charge on any atom is 0.283 e. The molecule has 0 saturated carbocycles. The van der Waals surface area contributed by atoms with Crippen LogP contribution >= 0.6 is 34.7 Å². The number of hydrogen-bond acceptors (Lipinski definition) is 6. The number of carbonyl (C=O) groups is 1. The summed E-state index contributed by atoms with van der Waals surface area (Å²) in [6.45, 7) is 7.25. The highest BCUT2D eigenvalue weighted by Gasteiger charge is 2.31. The number of hydrogen-bond donors (Lipinski definition) is 0. The van der Waals surface area contributed by atoms with Gasteiger partial charge >= 0.3 is 0 Å². The van der Waals surface area contributed by atoms with Gasteiger partial charge in [0.05, 0.1) is 32.2 Å². The van der Waals surface area contributed by atoms with Crippen molar-refractivity contribution in [1.29, 1.82) is 0 Å². The Balaban J connectivity index is 1.61. The van der Waals surface area contributed by atoms with Gasteiger partial charge in [0.2, 0.25) is 0 Å². The van der Waals surface area contributed by atoms with Gasteiger partial charge in [-0.05, 0) is 62.8 Å². The number of para-hydroxylation sites is 1. The lowest BCUT2D eigenvalue weighted by atomic mass is 10.2. The number of aromatic nitrogens is 1. The number of thiazole rings is 1. The minimum absolute atomic E-state index is 0.0911. The molecule has 2 aliphatic heterocycles. The van der Waals surface area contributed by atoms with Gasteiger partial charge in [-0.25, -0.2) is 0 Å². The molecule has 0 N–H and O–H groups in total. The van der Waals surface area contributed by atoms with Crippen molar-refractivity contribution >= 4 is 69.3 Å². The molecule has 0 fully saturated rings. The van der Waals surface area contributed by atoms with Gasteiger partial charge in [-0.15, -0.1) is 11.3 Å². The molecular weight excluding hydrogens is 512 g/mol. The third-order valence-electron chi connectivity index (χ3n) is 5.97. The van der Waals surface area contributed by atoms with Gasteiger partial charge in [0.1, 0.15) is 4.66 Å². The van der Waals surface area contributed by atoms with Crippen molar-refractivity contribution in [2.75, 3.05) is 16.5 Å². The van der Waals surface area contributed by atoms with Gasteiger partial charge in [0, 0.05) is 23.0 Å². The minimum atomic E-state index is -0.217. The molecule has 0 spiro atoms. The molecule has 0 saturated heterocycles. The predicted molar refractivity (Wildman–Crippen MR) is 151 cm³/mol. The van der Waals surface area contributed by atoms with Gasteiger partial charge in [-0.1, -0.05) is 48.5 Å². The quantitative estimate of drug-likeness (QED) is 0.470. The number of hydrazone groups is 1. The lowest BCUT2D eigenvalue weighted by molar-refractivity contribution is -0.112. The average Bonchev–Trinajstić information content (AvgIpc) is 3.48. The first-order valence-electron chi connectivity index (χ1n) is 11.8. The molecule has 1 amide bonds. The molecule has 184 valence electrons. The van der Waals surface area contributed by atoms with E-state index in [1.807, 2.05) is 74.5 Å². The molecule has 0 unspecified atom stereocenters. The number of fused-ring (bicyclic) bond motifs is 1. The Morgan fingerprint density at radius 3 is 2.56 bits per heavy atom. The largest absolute Gasteiger partial charge is 0.335 e. The molecule has 0 bridgehead atoms. The number of amides is 1. The number of carbonyl (C=O) groups excluding carboxylic acids is 1.